The van der Waals surface area contributed by atoms with Crippen LogP contribution in [-0.2, 0) is 0 Å². The molecule has 3 aromatic rings. The van der Waals surface area contributed by atoms with Crippen LogP contribution < -0.4 is 11.3 Å². The van der Waals surface area contributed by atoms with Crippen molar-refractivity contribution in [2.24, 2.45) is 5.84 Å². The van der Waals surface area contributed by atoms with E-state index in [0.717, 1.165) is 29.5 Å². The van der Waals surface area contributed by atoms with Gasteiger partial charge in [0.05, 0.1) is 9.83 Å². The molecule has 3 rings (SSSR count). The summed E-state index contributed by atoms with van der Waals surface area (Å²) in [7, 11) is 0. The van der Waals surface area contributed by atoms with E-state index in [4.69, 9.17) is 5.84 Å². The molecule has 3 N–H and O–H groups in total. The van der Waals surface area contributed by atoms with Crippen molar-refractivity contribution in [3.05, 3.63) is 61.4 Å². The van der Waals surface area contributed by atoms with Gasteiger partial charge in [0.25, 0.3) is 0 Å². The number of benzene rings is 1. The summed E-state index contributed by atoms with van der Waals surface area (Å²) < 4.78 is 2.09. The number of hydrazine groups is 1. The van der Waals surface area contributed by atoms with Crippen molar-refractivity contribution in [2.45, 2.75) is 6.04 Å². The molecule has 2 heterocycles. The van der Waals surface area contributed by atoms with Gasteiger partial charge in [-0.25, -0.2) is 5.43 Å². The molecule has 0 saturated carbocycles. The van der Waals surface area contributed by atoms with Crippen molar-refractivity contribution >= 4 is 54.0 Å². The summed E-state index contributed by atoms with van der Waals surface area (Å²) in [6.07, 6.45) is 3.74. The van der Waals surface area contributed by atoms with Gasteiger partial charge in [-0.05, 0) is 43.3 Å². The second kappa shape index (κ2) is 5.91. The molecule has 0 aliphatic heterocycles. The molecule has 0 aliphatic carbocycles. The molecule has 20 heavy (non-hydrogen) atoms. The number of fused-ring (bicyclic) bond motifs is 1. The number of nitrogens with one attached hydrogen (secondary N) is 1. The minimum Gasteiger partial charge on any atom is -0.271 e. The number of nitrogens with two attached hydrogens (primary N) is 1. The molecule has 3 nitrogen and oxygen atoms in total. The second-order valence-corrected chi connectivity index (χ2v) is 7.58. The smallest absolute Gasteiger partial charge is 0.0843 e. The molecule has 0 bridgehead atoms. The molecule has 0 fully saturated rings. The zero-order valence-corrected chi connectivity index (χ0v) is 14.3. The Labute approximate surface area is 137 Å². The number of hydrogen-bond acceptors (Lipinski definition) is 4. The lowest BCUT2D eigenvalue weighted by molar-refractivity contribution is 0.648. The summed E-state index contributed by atoms with van der Waals surface area (Å²) in [6, 6.07) is 10.2. The van der Waals surface area contributed by atoms with Gasteiger partial charge in [-0.1, -0.05) is 24.3 Å². The Kier molecular flexibility index (Phi) is 4.18. The predicted octanol–water partition coefficient (Wildman–Crippen LogP) is 4.37. The predicted molar refractivity (Wildman–Crippen MR) is 90.6 cm³/mol. The van der Waals surface area contributed by atoms with E-state index >= 15 is 0 Å². The van der Waals surface area contributed by atoms with Crippen molar-refractivity contribution in [2.75, 3.05) is 0 Å². The average molecular weight is 413 g/mol. The number of nitrogens with zero attached hydrogens (tertiary/aromatic N) is 1. The zero-order valence-electron chi connectivity index (χ0n) is 10.3. The van der Waals surface area contributed by atoms with Crippen LogP contribution in [0.3, 0.4) is 0 Å². The Morgan fingerprint density at radius 1 is 1.20 bits per heavy atom. The van der Waals surface area contributed by atoms with Crippen LogP contribution in [0.4, 0.5) is 0 Å². The normalized spacial score (nSPS) is 12.8. The van der Waals surface area contributed by atoms with Crippen LogP contribution in [0, 0.1) is 0 Å². The monoisotopic (exact) mass is 411 g/mol. The third-order valence-corrected chi connectivity index (χ3v) is 6.45. The van der Waals surface area contributed by atoms with E-state index in [1.807, 2.05) is 24.5 Å². The lowest BCUT2D eigenvalue weighted by Crippen LogP contribution is -2.28. The van der Waals surface area contributed by atoms with Crippen LogP contribution in [-0.4, -0.2) is 4.98 Å². The van der Waals surface area contributed by atoms with Gasteiger partial charge in [0.2, 0.25) is 0 Å². The van der Waals surface area contributed by atoms with Crippen molar-refractivity contribution < 1.29 is 0 Å². The standard InChI is InChI=1S/C14H11Br2N3S/c15-11-5-12(20-14(11)16)13(19-17)10-7-18-6-8-3-1-2-4-9(8)10/h1-7,13,19H,17H2. The molecule has 0 amide bonds. The van der Waals surface area contributed by atoms with Gasteiger partial charge in [-0.2, -0.15) is 0 Å². The van der Waals surface area contributed by atoms with Gasteiger partial charge >= 0.3 is 0 Å². The highest BCUT2D eigenvalue weighted by Gasteiger charge is 2.19. The van der Waals surface area contributed by atoms with Gasteiger partial charge < -0.3 is 0 Å². The highest BCUT2D eigenvalue weighted by molar-refractivity contribution is 9.13. The van der Waals surface area contributed by atoms with Crippen molar-refractivity contribution in [3.8, 4) is 0 Å². The molecule has 0 saturated heterocycles. The fraction of sp³-hybridized carbons (Fsp3) is 0.0714. The molecule has 0 aliphatic rings. The van der Waals surface area contributed by atoms with Gasteiger partial charge in [0, 0.05) is 32.7 Å². The Morgan fingerprint density at radius 3 is 2.70 bits per heavy atom. The Morgan fingerprint density at radius 2 is 2.00 bits per heavy atom. The lowest BCUT2D eigenvalue weighted by atomic mass is 10.0. The Balaban J connectivity index is 2.16. The fourth-order valence-electron chi connectivity index (χ4n) is 2.20. The first-order valence-electron chi connectivity index (χ1n) is 5.94. The van der Waals surface area contributed by atoms with E-state index in [0.29, 0.717) is 0 Å². The second-order valence-electron chi connectivity index (χ2n) is 4.32. The number of hydrogen-bond donors (Lipinski definition) is 2. The molecule has 0 spiro atoms. The van der Waals surface area contributed by atoms with Crippen LogP contribution in [0.1, 0.15) is 16.5 Å². The summed E-state index contributed by atoms with van der Waals surface area (Å²) in [5.74, 6) is 5.79. The van der Waals surface area contributed by atoms with Crippen LogP contribution in [0.15, 0.2) is 51.0 Å². The van der Waals surface area contributed by atoms with E-state index in [1.165, 1.54) is 0 Å². The maximum Gasteiger partial charge on any atom is 0.0843 e. The highest BCUT2D eigenvalue weighted by Crippen LogP contribution is 2.38. The van der Waals surface area contributed by atoms with E-state index in [1.54, 1.807) is 11.3 Å². The molecule has 2 aromatic heterocycles. The molecule has 102 valence electrons. The van der Waals surface area contributed by atoms with E-state index in [-0.39, 0.29) is 6.04 Å². The first kappa shape index (κ1) is 14.2. The average Bonchev–Trinajstić information content (AvgIpc) is 2.79. The summed E-state index contributed by atoms with van der Waals surface area (Å²) in [6.45, 7) is 0. The van der Waals surface area contributed by atoms with E-state index in [9.17, 15) is 0 Å². The van der Waals surface area contributed by atoms with Crippen LogP contribution in [0.2, 0.25) is 0 Å². The van der Waals surface area contributed by atoms with Gasteiger partial charge in [0.1, 0.15) is 0 Å². The quantitative estimate of drug-likeness (QED) is 0.495. The summed E-state index contributed by atoms with van der Waals surface area (Å²) >= 11 is 8.69. The van der Waals surface area contributed by atoms with Crippen molar-refractivity contribution in [3.63, 3.8) is 0 Å². The topological polar surface area (TPSA) is 50.9 Å². The number of aromatic nitrogens is 1. The van der Waals surface area contributed by atoms with Crippen LogP contribution in [0.25, 0.3) is 10.8 Å². The fourth-order valence-corrected chi connectivity index (χ4v) is 4.37. The summed E-state index contributed by atoms with van der Waals surface area (Å²) in [4.78, 5) is 5.45. The Bertz CT molecular complexity index is 732. The maximum absolute atomic E-state index is 5.79. The maximum atomic E-state index is 5.79. The summed E-state index contributed by atoms with van der Waals surface area (Å²) in [5.41, 5.74) is 3.97. The van der Waals surface area contributed by atoms with Gasteiger partial charge in [0.15, 0.2) is 0 Å². The SMILES string of the molecule is NNC(c1cc(Br)c(Br)s1)c1cncc2ccccc12. The minimum atomic E-state index is -0.0822. The zero-order chi connectivity index (χ0) is 14.1. The van der Waals surface area contributed by atoms with Crippen LogP contribution >= 0.6 is 43.2 Å². The van der Waals surface area contributed by atoms with Gasteiger partial charge in [-0.15, -0.1) is 11.3 Å². The van der Waals surface area contributed by atoms with Crippen molar-refractivity contribution in [1.82, 2.24) is 10.4 Å². The molecule has 0 radical (unpaired) electrons. The Hall–Kier alpha value is -0.790. The molecular formula is C14H11Br2N3S. The number of halogens is 2. The molecule has 1 atom stereocenters. The largest absolute Gasteiger partial charge is 0.271 e. The number of thiophene rings is 1. The third-order valence-electron chi connectivity index (χ3n) is 3.13. The summed E-state index contributed by atoms with van der Waals surface area (Å²) in [5, 5.41) is 2.27. The molecule has 1 aromatic carbocycles. The van der Waals surface area contributed by atoms with Gasteiger partial charge in [-0.3, -0.25) is 10.8 Å². The molecule has 1 unspecified atom stereocenters. The van der Waals surface area contributed by atoms with E-state index < -0.39 is 0 Å². The highest BCUT2D eigenvalue weighted by atomic mass is 79.9. The lowest BCUT2D eigenvalue weighted by Gasteiger charge is -2.16. The first-order chi connectivity index (χ1) is 9.70. The van der Waals surface area contributed by atoms with Crippen LogP contribution in [0.5, 0.6) is 0 Å². The minimum absolute atomic E-state index is 0.0822. The molecule has 6 heteroatoms. The number of pyridine rings is 1. The third kappa shape index (κ3) is 2.54. The number of rotatable bonds is 3. The van der Waals surface area contributed by atoms with E-state index in [2.05, 4.69) is 60.5 Å². The first-order valence-corrected chi connectivity index (χ1v) is 8.34. The molecular weight excluding hydrogens is 402 g/mol. The van der Waals surface area contributed by atoms with Crippen molar-refractivity contribution in [1.29, 1.82) is 0 Å².